The monoisotopic (exact) mass is 361 g/mol. The SMILES string of the molecule is Cc1cc(C(=O)N2[C@H](C)CC(C(C)(C)C)C[C@@H]2C)n(C2CCOCC2)n1. The van der Waals surface area contributed by atoms with E-state index in [-0.39, 0.29) is 29.4 Å². The third-order valence-corrected chi connectivity index (χ3v) is 6.27. The van der Waals surface area contributed by atoms with Crippen LogP contribution in [0, 0.1) is 18.3 Å². The first-order chi connectivity index (χ1) is 12.2. The molecule has 2 saturated heterocycles. The van der Waals surface area contributed by atoms with Crippen molar-refractivity contribution >= 4 is 5.91 Å². The van der Waals surface area contributed by atoms with Crippen molar-refractivity contribution in [2.75, 3.05) is 13.2 Å². The molecule has 0 aliphatic carbocycles. The first-order valence-corrected chi connectivity index (χ1v) is 10.1. The highest BCUT2D eigenvalue weighted by atomic mass is 16.5. The number of hydrogen-bond donors (Lipinski definition) is 0. The number of aryl methyl sites for hydroxylation is 1. The number of likely N-dealkylation sites (tertiary alicyclic amines) is 1. The minimum atomic E-state index is 0.143. The van der Waals surface area contributed by atoms with E-state index in [9.17, 15) is 4.79 Å². The van der Waals surface area contributed by atoms with E-state index in [4.69, 9.17) is 4.74 Å². The highest BCUT2D eigenvalue weighted by Gasteiger charge is 2.40. The Morgan fingerprint density at radius 2 is 1.73 bits per heavy atom. The van der Waals surface area contributed by atoms with Crippen LogP contribution in [-0.2, 0) is 4.74 Å². The number of piperidine rings is 1. The van der Waals surface area contributed by atoms with Crippen molar-refractivity contribution in [2.45, 2.75) is 85.4 Å². The molecule has 0 radical (unpaired) electrons. The van der Waals surface area contributed by atoms with Gasteiger partial charge in [0.15, 0.2) is 0 Å². The molecule has 0 saturated carbocycles. The predicted octanol–water partition coefficient (Wildman–Crippen LogP) is 4.22. The van der Waals surface area contributed by atoms with Crippen molar-refractivity contribution in [1.82, 2.24) is 14.7 Å². The number of amides is 1. The van der Waals surface area contributed by atoms with Crippen LogP contribution >= 0.6 is 0 Å². The number of carbonyl (C=O) groups is 1. The van der Waals surface area contributed by atoms with Gasteiger partial charge in [-0.15, -0.1) is 0 Å². The Balaban J connectivity index is 1.83. The number of carbonyl (C=O) groups excluding carboxylic acids is 1. The van der Waals surface area contributed by atoms with Crippen LogP contribution in [0.1, 0.15) is 82.5 Å². The second-order valence-electron chi connectivity index (χ2n) is 9.40. The Labute approximate surface area is 158 Å². The third-order valence-electron chi connectivity index (χ3n) is 6.27. The number of rotatable bonds is 2. The molecule has 3 atom stereocenters. The van der Waals surface area contributed by atoms with E-state index in [0.29, 0.717) is 5.92 Å². The maximum atomic E-state index is 13.5. The Morgan fingerprint density at radius 1 is 1.15 bits per heavy atom. The molecule has 5 heteroatoms. The maximum Gasteiger partial charge on any atom is 0.272 e. The summed E-state index contributed by atoms with van der Waals surface area (Å²) in [7, 11) is 0. The fraction of sp³-hybridized carbons (Fsp3) is 0.810. The Kier molecular flexibility index (Phi) is 5.48. The summed E-state index contributed by atoms with van der Waals surface area (Å²) in [5, 5.41) is 4.67. The number of ether oxygens (including phenoxy) is 1. The average molecular weight is 362 g/mol. The van der Waals surface area contributed by atoms with Crippen molar-refractivity contribution in [3.8, 4) is 0 Å². The molecule has 3 rings (SSSR count). The normalized spacial score (nSPS) is 28.4. The molecular weight excluding hydrogens is 326 g/mol. The molecule has 1 unspecified atom stereocenters. The molecular formula is C21H35N3O2. The van der Waals surface area contributed by atoms with Crippen molar-refractivity contribution in [1.29, 1.82) is 0 Å². The molecule has 0 spiro atoms. The van der Waals surface area contributed by atoms with E-state index < -0.39 is 0 Å². The Bertz CT molecular complexity index is 628. The van der Waals surface area contributed by atoms with Crippen LogP contribution in [0.5, 0.6) is 0 Å². The summed E-state index contributed by atoms with van der Waals surface area (Å²) in [4.78, 5) is 15.6. The third kappa shape index (κ3) is 3.83. The molecule has 0 bridgehead atoms. The number of hydrogen-bond acceptors (Lipinski definition) is 3. The van der Waals surface area contributed by atoms with Gasteiger partial charge in [0.2, 0.25) is 0 Å². The minimum absolute atomic E-state index is 0.143. The van der Waals surface area contributed by atoms with Gasteiger partial charge < -0.3 is 9.64 Å². The summed E-state index contributed by atoms with van der Waals surface area (Å²) in [6, 6.07) is 2.75. The predicted molar refractivity (Wildman–Crippen MR) is 103 cm³/mol. The average Bonchev–Trinajstić information content (AvgIpc) is 2.96. The highest BCUT2D eigenvalue weighted by Crippen LogP contribution is 2.40. The number of aromatic nitrogens is 2. The Morgan fingerprint density at radius 3 is 2.27 bits per heavy atom. The second-order valence-corrected chi connectivity index (χ2v) is 9.40. The molecule has 1 aromatic heterocycles. The van der Waals surface area contributed by atoms with Crippen molar-refractivity contribution in [2.24, 2.45) is 11.3 Å². The lowest BCUT2D eigenvalue weighted by Gasteiger charge is -2.46. The lowest BCUT2D eigenvalue weighted by atomic mass is 9.71. The standard InChI is InChI=1S/C21H35N3O2/c1-14-11-19(24(22-14)18-7-9-26-10-8-18)20(25)23-15(2)12-17(13-16(23)3)21(4,5)6/h11,15-18H,7-10,12-13H2,1-6H3/t15-,16+,17?. The zero-order valence-corrected chi connectivity index (χ0v) is 17.3. The van der Waals surface area contributed by atoms with E-state index in [0.717, 1.165) is 50.3 Å². The quantitative estimate of drug-likeness (QED) is 0.792. The van der Waals surface area contributed by atoms with Crippen LogP contribution in [0.4, 0.5) is 0 Å². The van der Waals surface area contributed by atoms with Gasteiger partial charge in [-0.1, -0.05) is 20.8 Å². The van der Waals surface area contributed by atoms with Gasteiger partial charge >= 0.3 is 0 Å². The molecule has 2 fully saturated rings. The summed E-state index contributed by atoms with van der Waals surface area (Å²) in [6.45, 7) is 14.8. The van der Waals surface area contributed by atoms with E-state index >= 15 is 0 Å². The van der Waals surface area contributed by atoms with Crippen LogP contribution in [0.25, 0.3) is 0 Å². The fourth-order valence-corrected chi connectivity index (χ4v) is 4.71. The number of nitrogens with zero attached hydrogens (tertiary/aromatic N) is 3. The van der Waals surface area contributed by atoms with E-state index in [1.54, 1.807) is 0 Å². The molecule has 146 valence electrons. The fourth-order valence-electron chi connectivity index (χ4n) is 4.71. The molecule has 3 heterocycles. The summed E-state index contributed by atoms with van der Waals surface area (Å²) >= 11 is 0. The van der Waals surface area contributed by atoms with Crippen LogP contribution in [0.3, 0.4) is 0 Å². The topological polar surface area (TPSA) is 47.4 Å². The molecule has 2 aliphatic rings. The van der Waals surface area contributed by atoms with Gasteiger partial charge in [0.25, 0.3) is 5.91 Å². The Hall–Kier alpha value is -1.36. The van der Waals surface area contributed by atoms with Crippen molar-refractivity contribution < 1.29 is 9.53 Å². The van der Waals surface area contributed by atoms with Gasteiger partial charge in [-0.25, -0.2) is 0 Å². The highest BCUT2D eigenvalue weighted by molar-refractivity contribution is 5.93. The van der Waals surface area contributed by atoms with Gasteiger partial charge in [0.1, 0.15) is 5.69 Å². The summed E-state index contributed by atoms with van der Waals surface area (Å²) in [5.41, 5.74) is 1.96. The zero-order chi connectivity index (χ0) is 19.1. The van der Waals surface area contributed by atoms with Gasteiger partial charge in [0, 0.05) is 25.3 Å². The maximum absolute atomic E-state index is 13.5. The molecule has 1 aromatic rings. The van der Waals surface area contributed by atoms with Gasteiger partial charge in [-0.05, 0) is 63.9 Å². The van der Waals surface area contributed by atoms with Gasteiger partial charge in [-0.3, -0.25) is 9.48 Å². The van der Waals surface area contributed by atoms with Crippen LogP contribution in [0.2, 0.25) is 0 Å². The van der Waals surface area contributed by atoms with Gasteiger partial charge in [-0.2, -0.15) is 5.10 Å². The van der Waals surface area contributed by atoms with Crippen molar-refractivity contribution in [3.63, 3.8) is 0 Å². The summed E-state index contributed by atoms with van der Waals surface area (Å²) in [5.74, 6) is 0.795. The summed E-state index contributed by atoms with van der Waals surface area (Å²) in [6.07, 6.45) is 4.01. The molecule has 0 aromatic carbocycles. The molecule has 5 nitrogen and oxygen atoms in total. The van der Waals surface area contributed by atoms with Crippen LogP contribution in [0.15, 0.2) is 6.07 Å². The molecule has 2 aliphatic heterocycles. The van der Waals surface area contributed by atoms with Crippen molar-refractivity contribution in [3.05, 3.63) is 17.5 Å². The first kappa shape index (κ1) is 19.4. The van der Waals surface area contributed by atoms with E-state index in [2.05, 4.69) is 44.6 Å². The van der Waals surface area contributed by atoms with E-state index in [1.807, 2.05) is 17.7 Å². The zero-order valence-electron chi connectivity index (χ0n) is 17.3. The van der Waals surface area contributed by atoms with Crippen LogP contribution in [-0.4, -0.2) is 45.9 Å². The smallest absolute Gasteiger partial charge is 0.272 e. The molecule has 26 heavy (non-hydrogen) atoms. The minimum Gasteiger partial charge on any atom is -0.381 e. The van der Waals surface area contributed by atoms with Crippen LogP contribution < -0.4 is 0 Å². The molecule has 0 N–H and O–H groups in total. The molecule has 1 amide bonds. The second kappa shape index (κ2) is 7.34. The lowest BCUT2D eigenvalue weighted by Crippen LogP contribution is -2.52. The lowest BCUT2D eigenvalue weighted by molar-refractivity contribution is 0.0213. The summed E-state index contributed by atoms with van der Waals surface area (Å²) < 4.78 is 7.47. The largest absolute Gasteiger partial charge is 0.381 e. The van der Waals surface area contributed by atoms with Gasteiger partial charge in [0.05, 0.1) is 11.7 Å². The first-order valence-electron chi connectivity index (χ1n) is 10.1. The van der Waals surface area contributed by atoms with E-state index in [1.165, 1.54) is 0 Å².